The van der Waals surface area contributed by atoms with E-state index >= 15 is 0 Å². The number of aliphatic hydroxyl groups is 2. The maximum absolute atomic E-state index is 11.7. The maximum Gasteiger partial charge on any atom is 0.147 e. The highest BCUT2D eigenvalue weighted by molar-refractivity contribution is 5.82. The monoisotopic (exact) mass is 736 g/mol. The molecule has 0 fully saturated rings. The zero-order valence-electron chi connectivity index (χ0n) is 31.0. The van der Waals surface area contributed by atoms with E-state index in [0.717, 1.165) is 44.9 Å². The van der Waals surface area contributed by atoms with Crippen molar-refractivity contribution >= 4 is 10.8 Å². The summed E-state index contributed by atoms with van der Waals surface area (Å²) in [6, 6.07) is 62.0. The molecule has 6 nitrogen and oxygen atoms in total. The van der Waals surface area contributed by atoms with Crippen molar-refractivity contribution < 1.29 is 29.2 Å². The van der Waals surface area contributed by atoms with Crippen LogP contribution in [0, 0.1) is 0 Å². The summed E-state index contributed by atoms with van der Waals surface area (Å²) in [6.07, 6.45) is 0. The van der Waals surface area contributed by atoms with Gasteiger partial charge in [0.2, 0.25) is 0 Å². The molecule has 2 N–H and O–H groups in total. The number of benzene rings is 8. The van der Waals surface area contributed by atoms with Crippen LogP contribution in [0.3, 0.4) is 0 Å². The third-order valence-corrected chi connectivity index (χ3v) is 10.2. The van der Waals surface area contributed by atoms with Crippen LogP contribution in [0.15, 0.2) is 194 Å². The first-order valence-electron chi connectivity index (χ1n) is 18.3. The molecule has 2 heterocycles. The molecule has 276 valence electrons. The van der Waals surface area contributed by atoms with Gasteiger partial charge in [0.25, 0.3) is 0 Å². The zero-order chi connectivity index (χ0) is 38.5. The van der Waals surface area contributed by atoms with Crippen molar-refractivity contribution in [3.63, 3.8) is 0 Å². The van der Waals surface area contributed by atoms with Crippen molar-refractivity contribution in [2.45, 2.75) is 11.2 Å². The summed E-state index contributed by atoms with van der Waals surface area (Å²) in [5, 5.41) is 26.0. The maximum atomic E-state index is 11.7. The summed E-state index contributed by atoms with van der Waals surface area (Å²) in [5.41, 5.74) is 2.01. The fraction of sp³-hybridized carbons (Fsp3) is 0.0800. The minimum absolute atomic E-state index is 0.671. The highest BCUT2D eigenvalue weighted by atomic mass is 16.5. The lowest BCUT2D eigenvalue weighted by atomic mass is 9.78. The number of hydrogen-bond donors (Lipinski definition) is 2. The second-order valence-corrected chi connectivity index (χ2v) is 13.4. The van der Waals surface area contributed by atoms with Crippen LogP contribution >= 0.6 is 0 Å². The third-order valence-electron chi connectivity index (χ3n) is 10.2. The van der Waals surface area contributed by atoms with E-state index in [2.05, 4.69) is 48.5 Å². The van der Waals surface area contributed by atoms with Crippen LogP contribution in [-0.4, -0.2) is 24.4 Å². The van der Waals surface area contributed by atoms with Gasteiger partial charge in [-0.1, -0.05) is 146 Å². The normalized spacial score (nSPS) is 13.6. The van der Waals surface area contributed by atoms with E-state index in [1.165, 1.54) is 10.8 Å². The summed E-state index contributed by atoms with van der Waals surface area (Å²) in [7, 11) is 3.26. The molecule has 8 aromatic rings. The fourth-order valence-electron chi connectivity index (χ4n) is 7.36. The van der Waals surface area contributed by atoms with Crippen LogP contribution in [0.4, 0.5) is 0 Å². The van der Waals surface area contributed by atoms with Crippen LogP contribution in [0.5, 0.6) is 34.5 Å². The molecule has 0 aliphatic carbocycles. The number of rotatable bonds is 4. The number of fused-ring (bicyclic) bond motifs is 5. The Bertz CT molecular complexity index is 2290. The van der Waals surface area contributed by atoms with Crippen molar-refractivity contribution in [2.75, 3.05) is 14.2 Å². The molecule has 56 heavy (non-hydrogen) atoms. The Morgan fingerprint density at radius 1 is 0.339 bits per heavy atom. The molecule has 2 aliphatic rings. The van der Waals surface area contributed by atoms with Gasteiger partial charge >= 0.3 is 0 Å². The van der Waals surface area contributed by atoms with Crippen molar-refractivity contribution in [3.05, 3.63) is 228 Å². The van der Waals surface area contributed by atoms with Gasteiger partial charge in [-0.3, -0.25) is 0 Å². The predicted octanol–water partition coefficient (Wildman–Crippen LogP) is 11.0. The Morgan fingerprint density at radius 3 is 0.857 bits per heavy atom. The third kappa shape index (κ3) is 6.62. The molecule has 0 saturated carbocycles. The van der Waals surface area contributed by atoms with Crippen LogP contribution in [-0.2, 0) is 11.2 Å². The summed E-state index contributed by atoms with van der Waals surface area (Å²) in [4.78, 5) is 0. The molecule has 0 saturated heterocycles. The minimum Gasteiger partial charge on any atom is -0.497 e. The zero-order valence-corrected chi connectivity index (χ0v) is 31.0. The van der Waals surface area contributed by atoms with Gasteiger partial charge in [-0.15, -0.1) is 0 Å². The van der Waals surface area contributed by atoms with Crippen LogP contribution in [0.25, 0.3) is 10.8 Å². The number of methoxy groups -OCH3 is 2. The molecular formula is C50H40O6. The Hall–Kier alpha value is -6.86. The minimum atomic E-state index is -1.25. The molecule has 0 bridgehead atoms. The van der Waals surface area contributed by atoms with E-state index in [4.69, 9.17) is 18.9 Å². The Morgan fingerprint density at radius 2 is 0.589 bits per heavy atom. The second kappa shape index (κ2) is 15.5. The molecule has 0 radical (unpaired) electrons. The molecular weight excluding hydrogens is 697 g/mol. The van der Waals surface area contributed by atoms with E-state index in [-0.39, 0.29) is 0 Å². The van der Waals surface area contributed by atoms with Gasteiger partial charge in [0.15, 0.2) is 0 Å². The molecule has 8 aromatic carbocycles. The molecule has 0 amide bonds. The average Bonchev–Trinajstić information content (AvgIpc) is 3.27. The van der Waals surface area contributed by atoms with Crippen LogP contribution < -0.4 is 18.9 Å². The van der Waals surface area contributed by atoms with Gasteiger partial charge < -0.3 is 29.2 Å². The molecule has 0 unspecified atom stereocenters. The lowest BCUT2D eigenvalue weighted by Gasteiger charge is -2.36. The van der Waals surface area contributed by atoms with Crippen molar-refractivity contribution in [1.82, 2.24) is 0 Å². The van der Waals surface area contributed by atoms with Crippen molar-refractivity contribution in [3.8, 4) is 34.5 Å². The lowest BCUT2D eigenvalue weighted by molar-refractivity contribution is 0.112. The summed E-state index contributed by atoms with van der Waals surface area (Å²) < 4.78 is 22.4. The average molecular weight is 737 g/mol. The number of para-hydroxylation sites is 4. The number of ether oxygens (including phenoxy) is 4. The molecule has 0 aromatic heterocycles. The summed E-state index contributed by atoms with van der Waals surface area (Å²) in [5.74, 6) is 4.19. The van der Waals surface area contributed by atoms with Crippen LogP contribution in [0.1, 0.15) is 33.4 Å². The van der Waals surface area contributed by atoms with E-state index in [1.54, 1.807) is 14.2 Å². The molecule has 10 rings (SSSR count). The topological polar surface area (TPSA) is 77.4 Å². The summed E-state index contributed by atoms with van der Waals surface area (Å²) in [6.45, 7) is 0. The number of hydrogen-bond acceptors (Lipinski definition) is 6. The van der Waals surface area contributed by atoms with E-state index in [9.17, 15) is 10.2 Å². The Labute approximate surface area is 326 Å². The molecule has 2 aliphatic heterocycles. The van der Waals surface area contributed by atoms with Gasteiger partial charge in [0.1, 0.15) is 45.7 Å². The highest BCUT2D eigenvalue weighted by Crippen LogP contribution is 2.51. The standard InChI is InChI=1S/2C20H16O3.C10H8/c2*1-22-15-12-10-14(11-13-15)20(21)16-6-2-4-8-18(16)23-19-9-5-3-7-17(19)20;1-2-6-10-8-4-3-7-9(10)5-1/h2*2-13,21H,1H3;1-8H. The smallest absolute Gasteiger partial charge is 0.147 e. The highest BCUT2D eigenvalue weighted by Gasteiger charge is 2.43. The van der Waals surface area contributed by atoms with Gasteiger partial charge in [0, 0.05) is 22.3 Å². The van der Waals surface area contributed by atoms with Crippen molar-refractivity contribution in [2.24, 2.45) is 0 Å². The Kier molecular flexibility index (Phi) is 9.99. The predicted molar refractivity (Wildman–Crippen MR) is 220 cm³/mol. The Balaban J connectivity index is 0.000000127. The van der Waals surface area contributed by atoms with Gasteiger partial charge in [-0.25, -0.2) is 0 Å². The first-order chi connectivity index (χ1) is 27.4. The molecule has 0 atom stereocenters. The quantitative estimate of drug-likeness (QED) is 0.187. The van der Waals surface area contributed by atoms with Gasteiger partial charge in [-0.2, -0.15) is 0 Å². The first kappa shape index (κ1) is 36.1. The molecule has 0 spiro atoms. The second-order valence-electron chi connectivity index (χ2n) is 13.4. The van der Waals surface area contributed by atoms with Crippen LogP contribution in [0.2, 0.25) is 0 Å². The summed E-state index contributed by atoms with van der Waals surface area (Å²) >= 11 is 0. The first-order valence-corrected chi connectivity index (χ1v) is 18.3. The van der Waals surface area contributed by atoms with Gasteiger partial charge in [0.05, 0.1) is 14.2 Å². The van der Waals surface area contributed by atoms with E-state index in [1.807, 2.05) is 146 Å². The van der Waals surface area contributed by atoms with E-state index < -0.39 is 11.2 Å². The van der Waals surface area contributed by atoms with Crippen molar-refractivity contribution in [1.29, 1.82) is 0 Å². The lowest BCUT2D eigenvalue weighted by Crippen LogP contribution is -2.32. The molecule has 6 heteroatoms. The SMILES string of the molecule is COc1ccc(C2(O)c3ccccc3Oc3ccccc32)cc1.COc1ccc(C2(O)c3ccccc3Oc3ccccc32)cc1.c1ccc2ccccc2c1. The largest absolute Gasteiger partial charge is 0.497 e. The fourth-order valence-corrected chi connectivity index (χ4v) is 7.36. The van der Waals surface area contributed by atoms with Gasteiger partial charge in [-0.05, 0) is 70.4 Å². The van der Waals surface area contributed by atoms with E-state index in [0.29, 0.717) is 23.0 Å².